The van der Waals surface area contributed by atoms with Crippen LogP contribution in [0.3, 0.4) is 0 Å². The van der Waals surface area contributed by atoms with Crippen molar-refractivity contribution in [2.45, 2.75) is 374 Å². The summed E-state index contributed by atoms with van der Waals surface area (Å²) in [7, 11) is -9.90. The summed E-state index contributed by atoms with van der Waals surface area (Å²) >= 11 is 0. The van der Waals surface area contributed by atoms with Gasteiger partial charge in [-0.15, -0.1) is 0 Å². The molecule has 3 N–H and O–H groups in total. The second kappa shape index (κ2) is 62.2. The Balaban J connectivity index is 5.22. The first-order valence-corrected chi connectivity index (χ1v) is 39.5. The van der Waals surface area contributed by atoms with Gasteiger partial charge in [-0.1, -0.05) is 305 Å². The fraction of sp³-hybridized carbons (Fsp3) is 0.943. The van der Waals surface area contributed by atoms with Crippen molar-refractivity contribution in [3.8, 4) is 0 Å². The molecule has 0 rings (SSSR count). The zero-order chi connectivity index (χ0) is 65.7. The van der Waals surface area contributed by atoms with Crippen LogP contribution < -0.4 is 0 Å². The van der Waals surface area contributed by atoms with Gasteiger partial charge in [0.1, 0.15) is 19.3 Å². The lowest BCUT2D eigenvalue weighted by molar-refractivity contribution is -0.161. The van der Waals surface area contributed by atoms with Crippen molar-refractivity contribution in [1.82, 2.24) is 0 Å². The van der Waals surface area contributed by atoms with E-state index in [1.807, 2.05) is 0 Å². The molecular weight excluding hydrogens is 1170 g/mol. The van der Waals surface area contributed by atoms with Crippen LogP contribution >= 0.6 is 15.6 Å². The minimum atomic E-state index is -4.95. The normalized spacial score (nSPS) is 14.4. The van der Waals surface area contributed by atoms with Crippen molar-refractivity contribution < 1.29 is 80.2 Å². The number of carbonyl (C=O) groups excluding carboxylic acids is 4. The number of aliphatic hydroxyl groups is 1. The van der Waals surface area contributed by atoms with E-state index in [0.29, 0.717) is 25.7 Å². The molecule has 0 radical (unpaired) electrons. The first kappa shape index (κ1) is 87.1. The Bertz CT molecular complexity index is 1740. The highest BCUT2D eigenvalue weighted by Crippen LogP contribution is 2.45. The maximum absolute atomic E-state index is 13.0. The van der Waals surface area contributed by atoms with Gasteiger partial charge in [-0.3, -0.25) is 37.3 Å². The molecule has 6 atom stereocenters. The van der Waals surface area contributed by atoms with Gasteiger partial charge in [0.25, 0.3) is 0 Å². The number of ether oxygens (including phenoxy) is 4. The lowest BCUT2D eigenvalue weighted by atomic mass is 9.99. The predicted molar refractivity (Wildman–Crippen MR) is 358 cm³/mol. The number of hydrogen-bond donors (Lipinski definition) is 3. The highest BCUT2D eigenvalue weighted by molar-refractivity contribution is 7.47. The molecule has 0 spiro atoms. The molecule has 3 unspecified atom stereocenters. The molecule has 0 aliphatic carbocycles. The van der Waals surface area contributed by atoms with Crippen LogP contribution in [0.1, 0.15) is 356 Å². The first-order chi connectivity index (χ1) is 42.9. The van der Waals surface area contributed by atoms with Gasteiger partial charge in [0.15, 0.2) is 12.2 Å². The lowest BCUT2D eigenvalue weighted by Gasteiger charge is -2.21. The van der Waals surface area contributed by atoms with E-state index in [0.717, 1.165) is 115 Å². The summed E-state index contributed by atoms with van der Waals surface area (Å²) in [6.45, 7) is 9.52. The van der Waals surface area contributed by atoms with E-state index in [2.05, 4.69) is 41.5 Å². The van der Waals surface area contributed by atoms with Crippen LogP contribution in [0.25, 0.3) is 0 Å². The Morgan fingerprint density at radius 2 is 0.573 bits per heavy atom. The number of rotatable bonds is 69. The Morgan fingerprint density at radius 3 is 0.854 bits per heavy atom. The van der Waals surface area contributed by atoms with E-state index < -0.39 is 97.5 Å². The first-order valence-electron chi connectivity index (χ1n) is 36.5. The summed E-state index contributed by atoms with van der Waals surface area (Å²) < 4.78 is 68.2. The summed E-state index contributed by atoms with van der Waals surface area (Å²) in [6, 6.07) is 0. The molecular formula is C70H136O17P2. The van der Waals surface area contributed by atoms with Crippen LogP contribution in [0.15, 0.2) is 0 Å². The van der Waals surface area contributed by atoms with E-state index in [9.17, 15) is 43.2 Å². The van der Waals surface area contributed by atoms with E-state index in [4.69, 9.17) is 37.0 Å². The van der Waals surface area contributed by atoms with Crippen molar-refractivity contribution >= 4 is 39.5 Å². The van der Waals surface area contributed by atoms with Crippen LogP contribution in [-0.4, -0.2) is 96.7 Å². The van der Waals surface area contributed by atoms with Crippen LogP contribution in [0.2, 0.25) is 0 Å². The molecule has 0 saturated carbocycles. The molecule has 19 heteroatoms. The topological polar surface area (TPSA) is 237 Å². The molecule has 17 nitrogen and oxygen atoms in total. The Hall–Kier alpha value is -1.94. The molecule has 0 bridgehead atoms. The molecule has 0 aliphatic rings. The third-order valence-corrected chi connectivity index (χ3v) is 18.5. The summed E-state index contributed by atoms with van der Waals surface area (Å²) in [4.78, 5) is 72.4. The third-order valence-electron chi connectivity index (χ3n) is 16.6. The molecule has 0 saturated heterocycles. The summed E-state index contributed by atoms with van der Waals surface area (Å²) in [5.74, 6) is -0.572. The van der Waals surface area contributed by atoms with Crippen LogP contribution in [0.5, 0.6) is 0 Å². The Labute approximate surface area is 543 Å². The van der Waals surface area contributed by atoms with E-state index in [1.165, 1.54) is 161 Å². The SMILES string of the molecule is CCCCCCCCCCCCCCCCC(=O)OC[C@H](COP(=O)(O)OC[C@@H](O)COP(=O)(O)OC[C@@H](COC(=O)CCCCCCCCC)OC(=O)CCCCCCCCCCC(C)CC)OC(=O)CCCCCCCCCCCCCCCC(C)C. The molecule has 528 valence electrons. The van der Waals surface area contributed by atoms with Gasteiger partial charge < -0.3 is 33.8 Å². The van der Waals surface area contributed by atoms with Gasteiger partial charge in [0.05, 0.1) is 26.4 Å². The molecule has 0 fully saturated rings. The van der Waals surface area contributed by atoms with Gasteiger partial charge in [0, 0.05) is 25.7 Å². The molecule has 0 aliphatic heterocycles. The molecule has 0 heterocycles. The van der Waals surface area contributed by atoms with Gasteiger partial charge in [-0.25, -0.2) is 9.13 Å². The highest BCUT2D eigenvalue weighted by atomic mass is 31.2. The number of phosphoric acid groups is 2. The molecule has 0 aromatic carbocycles. The second-order valence-electron chi connectivity index (χ2n) is 26.0. The third kappa shape index (κ3) is 63.2. The standard InChI is InChI=1S/C70H136O17P2/c1-7-10-12-14-16-17-18-19-22-25-28-35-41-47-53-68(73)81-59-66(86-69(74)54-48-42-36-29-26-23-20-21-24-27-33-38-44-50-62(4)5)61-85-89(78,79)83-57-64(71)56-82-88(76,77)84-60-65(58-80-67(72)52-46-40-32-15-13-11-8-2)87-70(75)55-49-43-37-31-30-34-39-45-51-63(6)9-3/h62-66,71H,7-61H2,1-6H3,(H,76,77)(H,78,79)/t63?,64-,65+,66+/m0/s1. The average Bonchev–Trinajstić information content (AvgIpc) is 3.67. The monoisotopic (exact) mass is 1310 g/mol. The molecule has 0 amide bonds. The zero-order valence-electron chi connectivity index (χ0n) is 57.7. The van der Waals surface area contributed by atoms with Gasteiger partial charge >= 0.3 is 39.5 Å². The minimum absolute atomic E-state index is 0.105. The molecule has 0 aromatic rings. The van der Waals surface area contributed by atoms with E-state index >= 15 is 0 Å². The van der Waals surface area contributed by atoms with Crippen LogP contribution in [-0.2, 0) is 65.4 Å². The zero-order valence-corrected chi connectivity index (χ0v) is 59.5. The van der Waals surface area contributed by atoms with Gasteiger partial charge in [-0.05, 0) is 37.5 Å². The van der Waals surface area contributed by atoms with Crippen LogP contribution in [0.4, 0.5) is 0 Å². The highest BCUT2D eigenvalue weighted by Gasteiger charge is 2.30. The largest absolute Gasteiger partial charge is 0.472 e. The van der Waals surface area contributed by atoms with Gasteiger partial charge in [-0.2, -0.15) is 0 Å². The van der Waals surface area contributed by atoms with Crippen LogP contribution in [0, 0.1) is 11.8 Å². The number of phosphoric ester groups is 2. The maximum atomic E-state index is 13.0. The second-order valence-corrected chi connectivity index (χ2v) is 28.9. The van der Waals surface area contributed by atoms with Crippen molar-refractivity contribution in [2.24, 2.45) is 11.8 Å². The number of aliphatic hydroxyl groups excluding tert-OH is 1. The quantitative estimate of drug-likeness (QED) is 0.0222. The average molecular weight is 1310 g/mol. The number of esters is 4. The lowest BCUT2D eigenvalue weighted by Crippen LogP contribution is -2.30. The van der Waals surface area contributed by atoms with Gasteiger partial charge in [0.2, 0.25) is 0 Å². The van der Waals surface area contributed by atoms with Crippen molar-refractivity contribution in [3.05, 3.63) is 0 Å². The summed E-state index contributed by atoms with van der Waals surface area (Å²) in [5, 5.41) is 10.6. The minimum Gasteiger partial charge on any atom is -0.462 e. The van der Waals surface area contributed by atoms with Crippen molar-refractivity contribution in [2.75, 3.05) is 39.6 Å². The van der Waals surface area contributed by atoms with E-state index in [1.54, 1.807) is 0 Å². The number of unbranched alkanes of at least 4 members (excludes halogenated alkanes) is 38. The summed E-state index contributed by atoms with van der Waals surface area (Å²) in [5.41, 5.74) is 0. The summed E-state index contributed by atoms with van der Waals surface area (Å²) in [6.07, 6.45) is 47.2. The fourth-order valence-electron chi connectivity index (χ4n) is 10.6. The van der Waals surface area contributed by atoms with Crippen molar-refractivity contribution in [3.63, 3.8) is 0 Å². The number of carbonyl (C=O) groups is 4. The Kier molecular flexibility index (Phi) is 60.8. The maximum Gasteiger partial charge on any atom is 0.472 e. The van der Waals surface area contributed by atoms with E-state index in [-0.39, 0.29) is 25.7 Å². The number of hydrogen-bond acceptors (Lipinski definition) is 15. The van der Waals surface area contributed by atoms with Crippen molar-refractivity contribution in [1.29, 1.82) is 0 Å². The smallest absolute Gasteiger partial charge is 0.462 e. The predicted octanol–water partition coefficient (Wildman–Crippen LogP) is 20.0. The molecule has 89 heavy (non-hydrogen) atoms. The fourth-order valence-corrected chi connectivity index (χ4v) is 12.1. The Morgan fingerprint density at radius 1 is 0.326 bits per heavy atom. The molecule has 0 aromatic heterocycles.